The summed E-state index contributed by atoms with van der Waals surface area (Å²) in [6.07, 6.45) is 5.59. The van der Waals surface area contributed by atoms with Gasteiger partial charge in [-0.05, 0) is 50.4 Å². The van der Waals surface area contributed by atoms with Crippen molar-refractivity contribution in [3.63, 3.8) is 0 Å². The highest BCUT2D eigenvalue weighted by molar-refractivity contribution is 7.91. The summed E-state index contributed by atoms with van der Waals surface area (Å²) in [7, 11) is -2.81. The number of sulfone groups is 1. The van der Waals surface area contributed by atoms with Gasteiger partial charge >= 0.3 is 0 Å². The van der Waals surface area contributed by atoms with Gasteiger partial charge in [0.05, 0.1) is 11.5 Å². The van der Waals surface area contributed by atoms with E-state index in [2.05, 4.69) is 36.4 Å². The second-order valence-electron chi connectivity index (χ2n) is 7.57. The maximum Gasteiger partial charge on any atom is 0.191 e. The van der Waals surface area contributed by atoms with Gasteiger partial charge in [0, 0.05) is 19.1 Å². The SMILES string of the molecule is CCNC(=NCC1CCS(=O)(=O)C1)NC1CCC(C)(C)CC1. The molecule has 1 saturated carbocycles. The first-order valence-electron chi connectivity index (χ1n) is 8.55. The van der Waals surface area contributed by atoms with Gasteiger partial charge in [-0.1, -0.05) is 13.8 Å². The maximum absolute atomic E-state index is 11.5. The molecule has 0 aromatic rings. The fourth-order valence-corrected chi connectivity index (χ4v) is 5.14. The fraction of sp³-hybridized carbons (Fsp3) is 0.938. The Morgan fingerprint density at radius 2 is 1.91 bits per heavy atom. The lowest BCUT2D eigenvalue weighted by molar-refractivity contribution is 0.216. The van der Waals surface area contributed by atoms with Crippen LogP contribution in [0.2, 0.25) is 0 Å². The van der Waals surface area contributed by atoms with Crippen LogP contribution in [0, 0.1) is 11.3 Å². The molecule has 0 aromatic heterocycles. The number of aliphatic imine (C=N–C) groups is 1. The van der Waals surface area contributed by atoms with E-state index in [1.807, 2.05) is 0 Å². The van der Waals surface area contributed by atoms with Crippen LogP contribution < -0.4 is 10.6 Å². The van der Waals surface area contributed by atoms with Crippen LogP contribution >= 0.6 is 0 Å². The zero-order valence-corrected chi connectivity index (χ0v) is 15.0. The van der Waals surface area contributed by atoms with Crippen molar-refractivity contribution in [1.82, 2.24) is 10.6 Å². The van der Waals surface area contributed by atoms with Crippen molar-refractivity contribution in [2.45, 2.75) is 58.9 Å². The Morgan fingerprint density at radius 3 is 2.45 bits per heavy atom. The Hall–Kier alpha value is -0.780. The summed E-state index contributed by atoms with van der Waals surface area (Å²) in [6.45, 7) is 8.16. The van der Waals surface area contributed by atoms with E-state index in [4.69, 9.17) is 0 Å². The number of rotatable bonds is 4. The van der Waals surface area contributed by atoms with Crippen molar-refractivity contribution in [2.24, 2.45) is 16.3 Å². The van der Waals surface area contributed by atoms with E-state index in [0.717, 1.165) is 18.9 Å². The monoisotopic (exact) mass is 329 g/mol. The highest BCUT2D eigenvalue weighted by atomic mass is 32.2. The molecule has 2 fully saturated rings. The number of nitrogens with zero attached hydrogens (tertiary/aromatic N) is 1. The summed E-state index contributed by atoms with van der Waals surface area (Å²) in [6, 6.07) is 0.484. The van der Waals surface area contributed by atoms with E-state index >= 15 is 0 Å². The Kier molecular flexibility index (Phi) is 5.75. The molecule has 2 rings (SSSR count). The molecule has 1 aliphatic carbocycles. The molecule has 1 saturated heterocycles. The van der Waals surface area contributed by atoms with Crippen LogP contribution in [-0.4, -0.2) is 45.0 Å². The fourth-order valence-electron chi connectivity index (χ4n) is 3.29. The summed E-state index contributed by atoms with van der Waals surface area (Å²) in [5.74, 6) is 1.66. The normalized spacial score (nSPS) is 28.5. The molecular weight excluding hydrogens is 298 g/mol. The zero-order chi connectivity index (χ0) is 16.2. The van der Waals surface area contributed by atoms with E-state index < -0.39 is 9.84 Å². The first-order valence-corrected chi connectivity index (χ1v) is 10.4. The third-order valence-electron chi connectivity index (χ3n) is 4.86. The molecule has 2 aliphatic rings. The average molecular weight is 330 g/mol. The van der Waals surface area contributed by atoms with Gasteiger partial charge in [-0.15, -0.1) is 0 Å². The van der Waals surface area contributed by atoms with E-state index in [1.165, 1.54) is 25.7 Å². The van der Waals surface area contributed by atoms with Crippen LogP contribution in [0.1, 0.15) is 52.9 Å². The summed E-state index contributed by atoms with van der Waals surface area (Å²) in [4.78, 5) is 4.62. The molecule has 1 heterocycles. The molecule has 0 aromatic carbocycles. The summed E-state index contributed by atoms with van der Waals surface area (Å²) in [5, 5.41) is 6.81. The van der Waals surface area contributed by atoms with Crippen molar-refractivity contribution in [3.8, 4) is 0 Å². The van der Waals surface area contributed by atoms with Crippen molar-refractivity contribution >= 4 is 15.8 Å². The number of hydrogen-bond acceptors (Lipinski definition) is 3. The predicted octanol–water partition coefficient (Wildman–Crippen LogP) is 1.94. The van der Waals surface area contributed by atoms with Gasteiger partial charge in [-0.2, -0.15) is 0 Å². The minimum atomic E-state index is -2.81. The van der Waals surface area contributed by atoms with Crippen molar-refractivity contribution in [1.29, 1.82) is 0 Å². The number of hydrogen-bond donors (Lipinski definition) is 2. The number of guanidine groups is 1. The highest BCUT2D eigenvalue weighted by Crippen LogP contribution is 2.34. The molecule has 0 bridgehead atoms. The topological polar surface area (TPSA) is 70.6 Å². The Balaban J connectivity index is 1.85. The summed E-state index contributed by atoms with van der Waals surface area (Å²) >= 11 is 0. The van der Waals surface area contributed by atoms with Gasteiger partial charge in [-0.3, -0.25) is 4.99 Å². The van der Waals surface area contributed by atoms with E-state index in [0.29, 0.717) is 29.5 Å². The van der Waals surface area contributed by atoms with Crippen molar-refractivity contribution < 1.29 is 8.42 Å². The quantitative estimate of drug-likeness (QED) is 0.611. The first kappa shape index (κ1) is 17.6. The lowest BCUT2D eigenvalue weighted by Gasteiger charge is -2.35. The van der Waals surface area contributed by atoms with Crippen molar-refractivity contribution in [3.05, 3.63) is 0 Å². The largest absolute Gasteiger partial charge is 0.357 e. The molecule has 1 atom stereocenters. The van der Waals surface area contributed by atoms with Crippen LogP contribution in [0.5, 0.6) is 0 Å². The standard InChI is InChI=1S/C16H31N3O2S/c1-4-17-15(18-11-13-7-10-22(20,21)12-13)19-14-5-8-16(2,3)9-6-14/h13-14H,4-12H2,1-3H3,(H2,17,18,19). The third kappa shape index (κ3) is 5.45. The van der Waals surface area contributed by atoms with Gasteiger partial charge in [0.25, 0.3) is 0 Å². The highest BCUT2D eigenvalue weighted by Gasteiger charge is 2.29. The number of nitrogens with one attached hydrogen (secondary N) is 2. The lowest BCUT2D eigenvalue weighted by Crippen LogP contribution is -2.45. The van der Waals surface area contributed by atoms with E-state index in [9.17, 15) is 8.42 Å². The molecule has 2 N–H and O–H groups in total. The van der Waals surface area contributed by atoms with Gasteiger partial charge in [0.15, 0.2) is 15.8 Å². The van der Waals surface area contributed by atoms with Crippen molar-refractivity contribution in [2.75, 3.05) is 24.6 Å². The average Bonchev–Trinajstić information content (AvgIpc) is 2.78. The molecule has 0 radical (unpaired) electrons. The van der Waals surface area contributed by atoms with Gasteiger partial charge in [0.2, 0.25) is 0 Å². The molecule has 1 aliphatic heterocycles. The van der Waals surface area contributed by atoms with Crippen LogP contribution in [0.15, 0.2) is 4.99 Å². The summed E-state index contributed by atoms with van der Waals surface area (Å²) in [5.41, 5.74) is 0.464. The molecule has 0 spiro atoms. The van der Waals surface area contributed by atoms with E-state index in [-0.39, 0.29) is 5.92 Å². The molecule has 5 nitrogen and oxygen atoms in total. The van der Waals surface area contributed by atoms with E-state index in [1.54, 1.807) is 0 Å². The second-order valence-corrected chi connectivity index (χ2v) is 9.80. The molecule has 6 heteroatoms. The van der Waals surface area contributed by atoms with Gasteiger partial charge in [-0.25, -0.2) is 8.42 Å². The van der Waals surface area contributed by atoms with Crippen LogP contribution in [0.25, 0.3) is 0 Å². The predicted molar refractivity (Wildman–Crippen MR) is 91.9 cm³/mol. The smallest absolute Gasteiger partial charge is 0.191 e. The lowest BCUT2D eigenvalue weighted by atomic mass is 9.75. The Morgan fingerprint density at radius 1 is 1.23 bits per heavy atom. The summed E-state index contributed by atoms with van der Waals surface area (Å²) < 4.78 is 23.0. The van der Waals surface area contributed by atoms with Gasteiger partial charge < -0.3 is 10.6 Å². The Labute approximate surface area is 135 Å². The van der Waals surface area contributed by atoms with Crippen LogP contribution in [0.3, 0.4) is 0 Å². The third-order valence-corrected chi connectivity index (χ3v) is 6.70. The molecule has 22 heavy (non-hydrogen) atoms. The minimum Gasteiger partial charge on any atom is -0.357 e. The molecular formula is C16H31N3O2S. The van der Waals surface area contributed by atoms with Crippen LogP contribution in [-0.2, 0) is 9.84 Å². The minimum absolute atomic E-state index is 0.186. The van der Waals surface area contributed by atoms with Crippen LogP contribution in [0.4, 0.5) is 0 Å². The van der Waals surface area contributed by atoms with Gasteiger partial charge in [0.1, 0.15) is 0 Å². The zero-order valence-electron chi connectivity index (χ0n) is 14.2. The Bertz CT molecular complexity index is 490. The molecule has 128 valence electrons. The second kappa shape index (κ2) is 7.20. The molecule has 1 unspecified atom stereocenters. The molecule has 0 amide bonds. The maximum atomic E-state index is 11.5. The first-order chi connectivity index (χ1) is 10.3.